The number of likely N-dealkylation sites (tertiary alicyclic amines) is 1. The van der Waals surface area contributed by atoms with Gasteiger partial charge in [0.1, 0.15) is 6.61 Å². The topological polar surface area (TPSA) is 76.1 Å². The number of esters is 1. The fourth-order valence-electron chi connectivity index (χ4n) is 2.33. The molecule has 0 bridgehead atoms. The van der Waals surface area contributed by atoms with Crippen LogP contribution in [0.4, 0.5) is 4.79 Å². The first-order valence-corrected chi connectivity index (χ1v) is 11.4. The molecule has 1 aliphatic rings. The van der Waals surface area contributed by atoms with Gasteiger partial charge >= 0.3 is 12.1 Å². The number of carboxylic acid groups (broad SMARTS) is 1. The minimum absolute atomic E-state index is 0.0673. The Kier molecular flexibility index (Phi) is 6.14. The molecule has 24 heavy (non-hydrogen) atoms. The van der Waals surface area contributed by atoms with Crippen LogP contribution < -0.4 is 0 Å². The molecule has 1 saturated heterocycles. The molecule has 0 unspecified atom stereocenters. The lowest BCUT2D eigenvalue weighted by atomic mass is 9.97. The van der Waals surface area contributed by atoms with E-state index in [1.54, 1.807) is 20.8 Å². The fraction of sp³-hybridized carbons (Fsp3) is 0.882. The molecule has 2 atom stereocenters. The molecule has 0 aromatic rings. The van der Waals surface area contributed by atoms with Crippen molar-refractivity contribution < 1.29 is 23.9 Å². The fourth-order valence-corrected chi connectivity index (χ4v) is 3.69. The highest BCUT2D eigenvalue weighted by Crippen LogP contribution is 2.39. The van der Waals surface area contributed by atoms with Gasteiger partial charge in [-0.05, 0) is 45.3 Å². The van der Waals surface area contributed by atoms with E-state index in [1.165, 1.54) is 4.90 Å². The smallest absolute Gasteiger partial charge is 0.407 e. The minimum Gasteiger partial charge on any atom is -0.465 e. The van der Waals surface area contributed by atoms with Gasteiger partial charge in [0.25, 0.3) is 0 Å². The Labute approximate surface area is 146 Å². The van der Waals surface area contributed by atoms with Gasteiger partial charge in [-0.3, -0.25) is 9.69 Å². The van der Waals surface area contributed by atoms with Crippen LogP contribution in [0.25, 0.3) is 0 Å². The predicted octanol–water partition coefficient (Wildman–Crippen LogP) is 3.72. The molecular formula is C17H33NO5Si. The highest BCUT2D eigenvalue weighted by atomic mass is 28.4. The zero-order chi connectivity index (χ0) is 18.9. The third-order valence-corrected chi connectivity index (χ3v) is 9.44. The van der Waals surface area contributed by atoms with Gasteiger partial charge in [-0.1, -0.05) is 20.8 Å². The van der Waals surface area contributed by atoms with Crippen molar-refractivity contribution in [3.05, 3.63) is 0 Å². The Morgan fingerprint density at radius 1 is 1.17 bits per heavy atom. The maximum atomic E-state index is 11.9. The lowest BCUT2D eigenvalue weighted by Crippen LogP contribution is -2.44. The average Bonchev–Trinajstić information content (AvgIpc) is 2.75. The first kappa shape index (κ1) is 21.0. The molecular weight excluding hydrogens is 326 g/mol. The van der Waals surface area contributed by atoms with Crippen molar-refractivity contribution in [2.24, 2.45) is 5.41 Å². The highest BCUT2D eigenvalue weighted by Gasteiger charge is 2.44. The maximum absolute atomic E-state index is 11.9. The van der Waals surface area contributed by atoms with E-state index in [4.69, 9.17) is 9.16 Å². The zero-order valence-corrected chi connectivity index (χ0v) is 17.3. The normalized spacial score (nSPS) is 22.6. The summed E-state index contributed by atoms with van der Waals surface area (Å²) in [4.78, 5) is 24.8. The summed E-state index contributed by atoms with van der Waals surface area (Å²) in [7, 11) is -1.97. The number of nitrogens with zero attached hydrogens (tertiary/aromatic N) is 1. The molecule has 7 heteroatoms. The standard InChI is InChI=1S/C17H33NO5Si/c1-16(2,3)14(19)22-11-12-9-13(10-18(12)15(20)21)23-24(7,8)17(4,5)6/h12-13H,9-11H2,1-8H3,(H,20,21)/t12-,13+/m1/s1. The van der Waals surface area contributed by atoms with E-state index in [-0.39, 0.29) is 29.8 Å². The van der Waals surface area contributed by atoms with E-state index in [0.717, 1.165) is 0 Å². The number of carbonyl (C=O) groups excluding carboxylic acids is 1. The second-order valence-electron chi connectivity index (χ2n) is 9.17. The Hall–Kier alpha value is -1.08. The van der Waals surface area contributed by atoms with Crippen molar-refractivity contribution in [2.45, 2.75) is 78.2 Å². The Morgan fingerprint density at radius 3 is 2.12 bits per heavy atom. The lowest BCUT2D eigenvalue weighted by Gasteiger charge is -2.38. The van der Waals surface area contributed by atoms with Gasteiger partial charge in [-0.15, -0.1) is 0 Å². The lowest BCUT2D eigenvalue weighted by molar-refractivity contribution is -0.154. The molecule has 1 amide bonds. The molecule has 1 heterocycles. The zero-order valence-electron chi connectivity index (χ0n) is 16.3. The molecule has 0 spiro atoms. The molecule has 0 aromatic heterocycles. The van der Waals surface area contributed by atoms with Gasteiger partial charge in [0, 0.05) is 6.54 Å². The molecule has 0 aromatic carbocycles. The van der Waals surface area contributed by atoms with E-state index in [9.17, 15) is 14.7 Å². The first-order chi connectivity index (χ1) is 10.6. The van der Waals surface area contributed by atoms with Crippen LogP contribution in [0.5, 0.6) is 0 Å². The summed E-state index contributed by atoms with van der Waals surface area (Å²) < 4.78 is 11.7. The van der Waals surface area contributed by atoms with Crippen LogP contribution in [0.15, 0.2) is 0 Å². The summed E-state index contributed by atoms with van der Waals surface area (Å²) >= 11 is 0. The van der Waals surface area contributed by atoms with E-state index < -0.39 is 19.8 Å². The second-order valence-corrected chi connectivity index (χ2v) is 13.9. The van der Waals surface area contributed by atoms with Crippen molar-refractivity contribution >= 4 is 20.4 Å². The Bertz CT molecular complexity index is 478. The molecule has 140 valence electrons. The summed E-state index contributed by atoms with van der Waals surface area (Å²) in [5.74, 6) is -0.318. The predicted molar refractivity (Wildman–Crippen MR) is 95.6 cm³/mol. The Balaban J connectivity index is 2.74. The van der Waals surface area contributed by atoms with Gasteiger partial charge in [0.15, 0.2) is 8.32 Å². The van der Waals surface area contributed by atoms with Crippen LogP contribution in [0.1, 0.15) is 48.0 Å². The quantitative estimate of drug-likeness (QED) is 0.611. The molecule has 0 aliphatic carbocycles. The third kappa shape index (κ3) is 5.21. The van der Waals surface area contributed by atoms with E-state index in [2.05, 4.69) is 33.9 Å². The Morgan fingerprint density at radius 2 is 1.71 bits per heavy atom. The van der Waals surface area contributed by atoms with Crippen molar-refractivity contribution in [3.63, 3.8) is 0 Å². The maximum Gasteiger partial charge on any atom is 0.407 e. The first-order valence-electron chi connectivity index (χ1n) is 8.50. The summed E-state index contributed by atoms with van der Waals surface area (Å²) in [5, 5.41) is 9.49. The summed E-state index contributed by atoms with van der Waals surface area (Å²) in [6, 6.07) is -0.344. The number of ether oxygens (including phenoxy) is 1. The second kappa shape index (κ2) is 7.04. The average molecular weight is 360 g/mol. The van der Waals surface area contributed by atoms with E-state index in [0.29, 0.717) is 13.0 Å². The number of hydrogen-bond donors (Lipinski definition) is 1. The van der Waals surface area contributed by atoms with Crippen LogP contribution in [0.3, 0.4) is 0 Å². The van der Waals surface area contributed by atoms with Crippen LogP contribution in [0, 0.1) is 5.41 Å². The van der Waals surface area contributed by atoms with Gasteiger partial charge in [0.2, 0.25) is 0 Å². The van der Waals surface area contributed by atoms with Gasteiger partial charge in [-0.2, -0.15) is 0 Å². The summed E-state index contributed by atoms with van der Waals surface area (Å²) in [5.41, 5.74) is -0.594. The van der Waals surface area contributed by atoms with Crippen molar-refractivity contribution in [1.29, 1.82) is 0 Å². The molecule has 1 N–H and O–H groups in total. The van der Waals surface area contributed by atoms with Crippen molar-refractivity contribution in [2.75, 3.05) is 13.2 Å². The highest BCUT2D eigenvalue weighted by molar-refractivity contribution is 6.74. The molecule has 1 aliphatic heterocycles. The molecule has 0 radical (unpaired) electrons. The number of carbonyl (C=O) groups is 2. The van der Waals surface area contributed by atoms with E-state index in [1.807, 2.05) is 0 Å². The largest absolute Gasteiger partial charge is 0.465 e. The number of rotatable bonds is 4. The molecule has 6 nitrogen and oxygen atoms in total. The molecule has 1 rings (SSSR count). The SMILES string of the molecule is CC(C)(C)C(=O)OC[C@H]1C[C@H](O[Si](C)(C)C(C)(C)C)CN1C(=O)O. The molecule has 1 fully saturated rings. The van der Waals surface area contributed by atoms with Gasteiger partial charge < -0.3 is 14.3 Å². The number of amides is 1. The van der Waals surface area contributed by atoms with Crippen LogP contribution in [-0.4, -0.2) is 55.7 Å². The van der Waals surface area contributed by atoms with Crippen LogP contribution >= 0.6 is 0 Å². The van der Waals surface area contributed by atoms with E-state index >= 15 is 0 Å². The monoisotopic (exact) mass is 359 g/mol. The van der Waals surface area contributed by atoms with Gasteiger partial charge in [-0.25, -0.2) is 4.79 Å². The van der Waals surface area contributed by atoms with Crippen molar-refractivity contribution in [3.8, 4) is 0 Å². The van der Waals surface area contributed by atoms with Crippen LogP contribution in [-0.2, 0) is 14.0 Å². The van der Waals surface area contributed by atoms with Crippen LogP contribution in [0.2, 0.25) is 18.1 Å². The third-order valence-electron chi connectivity index (χ3n) is 4.91. The summed E-state index contributed by atoms with van der Waals surface area (Å²) in [6.45, 7) is 16.5. The minimum atomic E-state index is -1.97. The van der Waals surface area contributed by atoms with Crippen molar-refractivity contribution in [1.82, 2.24) is 4.90 Å². The van der Waals surface area contributed by atoms with Gasteiger partial charge in [0.05, 0.1) is 17.6 Å². The molecule has 0 saturated carbocycles. The number of hydrogen-bond acceptors (Lipinski definition) is 4. The summed E-state index contributed by atoms with van der Waals surface area (Å²) in [6.07, 6.45) is -0.565.